The number of nitrogens with zero attached hydrogens (tertiary/aromatic N) is 2. The molecule has 1 aromatic heterocycles. The number of H-pyrrole nitrogens is 1. The van der Waals surface area contributed by atoms with Gasteiger partial charge in [0.25, 0.3) is 5.56 Å². The lowest BCUT2D eigenvalue weighted by molar-refractivity contribution is -0.140. The molecule has 2 rings (SSSR count). The van der Waals surface area contributed by atoms with Gasteiger partial charge < -0.3 is 10.0 Å². The molecule has 1 aliphatic rings. The molecule has 1 saturated heterocycles. The minimum absolute atomic E-state index is 0.0209. The number of aliphatic carboxylic acids is 1. The van der Waals surface area contributed by atoms with Crippen molar-refractivity contribution in [2.75, 3.05) is 6.54 Å². The lowest BCUT2D eigenvalue weighted by Gasteiger charge is -2.35. The highest BCUT2D eigenvalue weighted by Crippen LogP contribution is 2.21. The van der Waals surface area contributed by atoms with Crippen molar-refractivity contribution in [3.63, 3.8) is 0 Å². The zero-order chi connectivity index (χ0) is 16.1. The lowest BCUT2D eigenvalue weighted by atomic mass is 9.98. The van der Waals surface area contributed by atoms with Gasteiger partial charge in [0.15, 0.2) is 0 Å². The molecular weight excluding hydrogens is 290 g/mol. The van der Waals surface area contributed by atoms with Gasteiger partial charge in [-0.2, -0.15) is 0 Å². The Labute approximate surface area is 126 Å². The molecule has 1 amide bonds. The molecule has 8 nitrogen and oxygen atoms in total. The second-order valence-corrected chi connectivity index (χ2v) is 5.41. The first kappa shape index (κ1) is 16.0. The van der Waals surface area contributed by atoms with E-state index < -0.39 is 17.2 Å². The van der Waals surface area contributed by atoms with E-state index in [0.29, 0.717) is 13.0 Å². The highest BCUT2D eigenvalue weighted by atomic mass is 16.4. The quantitative estimate of drug-likeness (QED) is 0.781. The predicted molar refractivity (Wildman–Crippen MR) is 77.5 cm³/mol. The molecule has 2 N–H and O–H groups in total. The Hall–Kier alpha value is -2.38. The average Bonchev–Trinajstić information content (AvgIpc) is 2.48. The number of likely N-dealkylation sites (tertiary alicyclic amines) is 1. The highest BCUT2D eigenvalue weighted by molar-refractivity contribution is 5.76. The summed E-state index contributed by atoms with van der Waals surface area (Å²) in [5, 5.41) is 8.78. The second kappa shape index (κ2) is 7.06. The van der Waals surface area contributed by atoms with Crippen LogP contribution in [0.1, 0.15) is 32.1 Å². The average molecular weight is 309 g/mol. The number of aromatic amines is 1. The Morgan fingerprint density at radius 1 is 1.32 bits per heavy atom. The Balaban J connectivity index is 2.06. The van der Waals surface area contributed by atoms with Crippen molar-refractivity contribution < 1.29 is 14.7 Å². The first-order chi connectivity index (χ1) is 10.5. The molecule has 1 unspecified atom stereocenters. The minimum Gasteiger partial charge on any atom is -0.481 e. The summed E-state index contributed by atoms with van der Waals surface area (Å²) in [6, 6.07) is 1.09. The van der Waals surface area contributed by atoms with E-state index in [-0.39, 0.29) is 24.9 Å². The lowest BCUT2D eigenvalue weighted by Crippen LogP contribution is -2.46. The molecule has 1 aromatic rings. The van der Waals surface area contributed by atoms with E-state index in [1.54, 1.807) is 4.90 Å². The molecule has 0 aliphatic carbocycles. The highest BCUT2D eigenvalue weighted by Gasteiger charge is 2.27. The number of rotatable bonds is 5. The van der Waals surface area contributed by atoms with Crippen LogP contribution in [0.3, 0.4) is 0 Å². The number of carboxylic acids is 1. The van der Waals surface area contributed by atoms with Crippen LogP contribution in [0.15, 0.2) is 21.9 Å². The summed E-state index contributed by atoms with van der Waals surface area (Å²) < 4.78 is 1.15. The van der Waals surface area contributed by atoms with Gasteiger partial charge in [-0.25, -0.2) is 4.79 Å². The van der Waals surface area contributed by atoms with E-state index in [1.807, 2.05) is 0 Å². The van der Waals surface area contributed by atoms with Crippen LogP contribution in [-0.2, 0) is 16.1 Å². The van der Waals surface area contributed by atoms with Gasteiger partial charge in [0, 0.05) is 31.3 Å². The van der Waals surface area contributed by atoms with E-state index in [1.165, 1.54) is 12.3 Å². The van der Waals surface area contributed by atoms with Crippen LogP contribution < -0.4 is 11.2 Å². The maximum Gasteiger partial charge on any atom is 0.328 e. The van der Waals surface area contributed by atoms with Crippen LogP contribution in [0.25, 0.3) is 0 Å². The molecule has 22 heavy (non-hydrogen) atoms. The Bertz CT molecular complexity index is 663. The molecule has 0 aromatic carbocycles. The van der Waals surface area contributed by atoms with Gasteiger partial charge in [-0.1, -0.05) is 0 Å². The maximum absolute atomic E-state index is 12.4. The Kier molecular flexibility index (Phi) is 5.13. The minimum atomic E-state index is -0.880. The largest absolute Gasteiger partial charge is 0.481 e. The summed E-state index contributed by atoms with van der Waals surface area (Å²) in [5.74, 6) is -1.11. The van der Waals surface area contributed by atoms with Crippen molar-refractivity contribution in [1.82, 2.24) is 14.5 Å². The van der Waals surface area contributed by atoms with Crippen LogP contribution in [-0.4, -0.2) is 44.0 Å². The van der Waals surface area contributed by atoms with E-state index in [9.17, 15) is 19.2 Å². The number of carbonyl (C=O) groups excluding carboxylic acids is 1. The summed E-state index contributed by atoms with van der Waals surface area (Å²) >= 11 is 0. The summed E-state index contributed by atoms with van der Waals surface area (Å²) in [4.78, 5) is 49.5. The molecule has 0 spiro atoms. The van der Waals surface area contributed by atoms with E-state index in [2.05, 4.69) is 4.98 Å². The van der Waals surface area contributed by atoms with Crippen LogP contribution in [0.2, 0.25) is 0 Å². The molecule has 1 fully saturated rings. The monoisotopic (exact) mass is 309 g/mol. The first-order valence-corrected chi connectivity index (χ1v) is 7.28. The number of piperidine rings is 1. The number of hydrogen-bond acceptors (Lipinski definition) is 4. The second-order valence-electron chi connectivity index (χ2n) is 5.41. The summed E-state index contributed by atoms with van der Waals surface area (Å²) in [6.07, 6.45) is 4.34. The standard InChI is InChI=1S/C14H19N3O5/c18-11-6-8-16(14(22)15-11)9-12(19)17-7-2-1-3-10(17)4-5-13(20)21/h6,8,10H,1-5,7,9H2,(H,20,21)(H,15,18,22). The summed E-state index contributed by atoms with van der Waals surface area (Å²) in [5.41, 5.74) is -1.13. The van der Waals surface area contributed by atoms with Crippen molar-refractivity contribution in [1.29, 1.82) is 0 Å². The van der Waals surface area contributed by atoms with Crippen molar-refractivity contribution in [3.8, 4) is 0 Å². The van der Waals surface area contributed by atoms with E-state index >= 15 is 0 Å². The van der Waals surface area contributed by atoms with Gasteiger partial charge in [0.1, 0.15) is 6.54 Å². The molecule has 0 saturated carbocycles. The van der Waals surface area contributed by atoms with Crippen LogP contribution in [0.4, 0.5) is 0 Å². The fourth-order valence-electron chi connectivity index (χ4n) is 2.72. The first-order valence-electron chi connectivity index (χ1n) is 7.28. The summed E-state index contributed by atoms with van der Waals surface area (Å²) in [6.45, 7) is 0.417. The van der Waals surface area contributed by atoms with Crippen molar-refractivity contribution in [3.05, 3.63) is 33.1 Å². The van der Waals surface area contributed by atoms with Gasteiger partial charge in [-0.15, -0.1) is 0 Å². The molecule has 0 radical (unpaired) electrons. The molecule has 120 valence electrons. The molecule has 1 aliphatic heterocycles. The number of amides is 1. The maximum atomic E-state index is 12.4. The van der Waals surface area contributed by atoms with Crippen molar-refractivity contribution in [2.24, 2.45) is 0 Å². The van der Waals surface area contributed by atoms with Gasteiger partial charge in [-0.3, -0.25) is 23.9 Å². The van der Waals surface area contributed by atoms with E-state index in [0.717, 1.165) is 23.8 Å². The zero-order valence-corrected chi connectivity index (χ0v) is 12.2. The van der Waals surface area contributed by atoms with E-state index in [4.69, 9.17) is 5.11 Å². The van der Waals surface area contributed by atoms with Crippen LogP contribution in [0.5, 0.6) is 0 Å². The third kappa shape index (κ3) is 4.06. The Morgan fingerprint density at radius 2 is 2.09 bits per heavy atom. The molecular formula is C14H19N3O5. The fourth-order valence-corrected chi connectivity index (χ4v) is 2.72. The normalized spacial score (nSPS) is 18.2. The van der Waals surface area contributed by atoms with Gasteiger partial charge >= 0.3 is 11.7 Å². The molecule has 0 bridgehead atoms. The number of aromatic nitrogens is 2. The number of carboxylic acid groups (broad SMARTS) is 1. The third-order valence-corrected chi connectivity index (χ3v) is 3.84. The van der Waals surface area contributed by atoms with Crippen LogP contribution >= 0.6 is 0 Å². The Morgan fingerprint density at radius 3 is 2.77 bits per heavy atom. The SMILES string of the molecule is O=C(O)CCC1CCCCN1C(=O)Cn1ccc(=O)[nH]c1=O. The smallest absolute Gasteiger partial charge is 0.328 e. The number of carbonyl (C=O) groups is 2. The number of hydrogen-bond donors (Lipinski definition) is 2. The topological polar surface area (TPSA) is 112 Å². The van der Waals surface area contributed by atoms with Crippen molar-refractivity contribution in [2.45, 2.75) is 44.7 Å². The molecule has 2 heterocycles. The number of nitrogens with one attached hydrogen (secondary N) is 1. The molecule has 8 heteroatoms. The van der Waals surface area contributed by atoms with Gasteiger partial charge in [0.05, 0.1) is 0 Å². The summed E-state index contributed by atoms with van der Waals surface area (Å²) in [7, 11) is 0. The third-order valence-electron chi connectivity index (χ3n) is 3.84. The predicted octanol–water partition coefficient (Wildman–Crippen LogP) is -0.217. The molecule has 1 atom stereocenters. The van der Waals surface area contributed by atoms with Crippen LogP contribution in [0, 0.1) is 0 Å². The van der Waals surface area contributed by atoms with Crippen molar-refractivity contribution >= 4 is 11.9 Å². The van der Waals surface area contributed by atoms with Gasteiger partial charge in [-0.05, 0) is 25.7 Å². The van der Waals surface area contributed by atoms with Gasteiger partial charge in [0.2, 0.25) is 5.91 Å². The zero-order valence-electron chi connectivity index (χ0n) is 12.2. The fraction of sp³-hybridized carbons (Fsp3) is 0.571.